The summed E-state index contributed by atoms with van der Waals surface area (Å²) in [6.07, 6.45) is 3.34. The van der Waals surface area contributed by atoms with E-state index in [0.717, 1.165) is 6.42 Å². The Balaban J connectivity index is 2.32. The molecule has 24 heavy (non-hydrogen) atoms. The molecule has 0 aliphatic rings. The van der Waals surface area contributed by atoms with Crippen molar-refractivity contribution in [1.29, 1.82) is 0 Å². The van der Waals surface area contributed by atoms with Crippen molar-refractivity contribution < 1.29 is 19.7 Å². The molecule has 1 rings (SSSR count). The number of hydrogen-bond donors (Lipinski definition) is 3. The predicted molar refractivity (Wildman–Crippen MR) is 99.0 cm³/mol. The molecule has 0 aliphatic carbocycles. The van der Waals surface area contributed by atoms with Gasteiger partial charge in [0.05, 0.1) is 31.1 Å². The fourth-order valence-electron chi connectivity index (χ4n) is 1.99. The minimum Gasteiger partial charge on any atom is -0.492 e. The summed E-state index contributed by atoms with van der Waals surface area (Å²) in [5.74, 6) is 0.528. The average Bonchev–Trinajstić information content (AvgIpc) is 2.56. The Hall–Kier alpha value is -0.960. The van der Waals surface area contributed by atoms with Crippen LogP contribution in [-0.2, 0) is 18.0 Å². The maximum absolute atomic E-state index is 11.8. The predicted octanol–water partition coefficient (Wildman–Crippen LogP) is 2.13. The minimum atomic E-state index is -0.217. The van der Waals surface area contributed by atoms with Crippen molar-refractivity contribution in [2.24, 2.45) is 0 Å². The van der Waals surface area contributed by atoms with E-state index >= 15 is 0 Å². The molecular formula is C16H26N2O4S2. The zero-order chi connectivity index (χ0) is 18.0. The molecule has 0 atom stereocenters. The van der Waals surface area contributed by atoms with E-state index in [2.05, 4.69) is 24.1 Å². The maximum atomic E-state index is 11.8. The first-order valence-electron chi connectivity index (χ1n) is 7.73. The highest BCUT2D eigenvalue weighted by atomic mass is 33.1. The first-order chi connectivity index (χ1) is 11.4. The second-order valence-electron chi connectivity index (χ2n) is 5.81. The van der Waals surface area contributed by atoms with Gasteiger partial charge in [-0.05, 0) is 26.5 Å². The average molecular weight is 375 g/mol. The molecule has 0 saturated heterocycles. The van der Waals surface area contributed by atoms with Crippen molar-refractivity contribution in [2.45, 2.75) is 44.6 Å². The molecule has 0 bridgehead atoms. The van der Waals surface area contributed by atoms with Gasteiger partial charge in [-0.15, -0.1) is 0 Å². The topological polar surface area (TPSA) is 91.7 Å². The molecule has 0 fully saturated rings. The minimum absolute atomic E-state index is 0.00945. The van der Waals surface area contributed by atoms with Gasteiger partial charge in [-0.2, -0.15) is 0 Å². The zero-order valence-electron chi connectivity index (χ0n) is 14.4. The Kier molecular flexibility index (Phi) is 9.50. The Morgan fingerprint density at radius 3 is 2.46 bits per heavy atom. The summed E-state index contributed by atoms with van der Waals surface area (Å²) >= 11 is 0. The quantitative estimate of drug-likeness (QED) is 0.404. The molecule has 136 valence electrons. The number of aliphatic hydroxyl groups is 2. The molecule has 0 aliphatic heterocycles. The van der Waals surface area contributed by atoms with E-state index in [9.17, 15) is 4.79 Å². The van der Waals surface area contributed by atoms with Gasteiger partial charge in [-0.25, -0.2) is 0 Å². The molecule has 1 amide bonds. The molecule has 0 spiro atoms. The smallest absolute Gasteiger partial charge is 0.220 e. The van der Waals surface area contributed by atoms with Crippen molar-refractivity contribution in [3.63, 3.8) is 0 Å². The fourth-order valence-corrected chi connectivity index (χ4v) is 4.23. The first kappa shape index (κ1) is 21.1. The van der Waals surface area contributed by atoms with E-state index < -0.39 is 0 Å². The third-order valence-corrected chi connectivity index (χ3v) is 5.86. The zero-order valence-corrected chi connectivity index (χ0v) is 16.0. The van der Waals surface area contributed by atoms with Crippen molar-refractivity contribution in [3.8, 4) is 5.75 Å². The van der Waals surface area contributed by atoms with E-state index in [1.807, 2.05) is 6.26 Å². The molecule has 1 aromatic rings. The van der Waals surface area contributed by atoms with Crippen molar-refractivity contribution in [2.75, 3.05) is 19.4 Å². The molecule has 3 N–H and O–H groups in total. The highest BCUT2D eigenvalue weighted by Crippen LogP contribution is 2.36. The molecular weight excluding hydrogens is 348 g/mol. The van der Waals surface area contributed by atoms with Crippen LogP contribution in [0.5, 0.6) is 5.75 Å². The number of aliphatic hydroxyl groups excluding tert-OH is 2. The van der Waals surface area contributed by atoms with Gasteiger partial charge in [0.1, 0.15) is 12.4 Å². The summed E-state index contributed by atoms with van der Waals surface area (Å²) < 4.78 is 5.62. The molecule has 8 heteroatoms. The molecule has 1 aromatic heterocycles. The number of pyridine rings is 1. The van der Waals surface area contributed by atoms with E-state index in [4.69, 9.17) is 14.9 Å². The summed E-state index contributed by atoms with van der Waals surface area (Å²) in [6.45, 7) is 4.54. The van der Waals surface area contributed by atoms with Crippen LogP contribution in [0.15, 0.2) is 12.1 Å². The van der Waals surface area contributed by atoms with Crippen LogP contribution >= 0.6 is 21.6 Å². The lowest BCUT2D eigenvalue weighted by atomic mass is 10.1. The van der Waals surface area contributed by atoms with Gasteiger partial charge >= 0.3 is 0 Å². The van der Waals surface area contributed by atoms with Gasteiger partial charge in [0.2, 0.25) is 5.91 Å². The molecule has 1 heterocycles. The summed E-state index contributed by atoms with van der Waals surface area (Å²) in [5, 5.41) is 21.1. The summed E-state index contributed by atoms with van der Waals surface area (Å²) in [4.78, 5) is 15.9. The Morgan fingerprint density at radius 1 is 1.29 bits per heavy atom. The Bertz CT molecular complexity index is 505. The summed E-state index contributed by atoms with van der Waals surface area (Å²) in [7, 11) is 3.48. The molecule has 0 aromatic carbocycles. The van der Waals surface area contributed by atoms with Crippen LogP contribution in [-0.4, -0.2) is 45.3 Å². The summed E-state index contributed by atoms with van der Waals surface area (Å²) in [6, 6.07) is 3.23. The van der Waals surface area contributed by atoms with Gasteiger partial charge in [0.15, 0.2) is 0 Å². The lowest BCUT2D eigenvalue weighted by Gasteiger charge is -2.21. The molecule has 0 radical (unpaired) electrons. The number of hydrogen-bond acceptors (Lipinski definition) is 7. The highest BCUT2D eigenvalue weighted by Gasteiger charge is 2.19. The Morgan fingerprint density at radius 2 is 1.92 bits per heavy atom. The van der Waals surface area contributed by atoms with Gasteiger partial charge in [-0.3, -0.25) is 9.78 Å². The van der Waals surface area contributed by atoms with Crippen LogP contribution < -0.4 is 10.1 Å². The number of carbonyl (C=O) groups excluding carboxylic acids is 1. The van der Waals surface area contributed by atoms with Gasteiger partial charge in [0.25, 0.3) is 0 Å². The van der Waals surface area contributed by atoms with Gasteiger partial charge in [-0.1, -0.05) is 21.6 Å². The maximum Gasteiger partial charge on any atom is 0.220 e. The number of amides is 1. The normalized spacial score (nSPS) is 11.4. The number of carbonyl (C=O) groups is 1. The lowest BCUT2D eigenvalue weighted by Crippen LogP contribution is -2.29. The second kappa shape index (κ2) is 10.8. The van der Waals surface area contributed by atoms with Crippen LogP contribution in [0.2, 0.25) is 0 Å². The largest absolute Gasteiger partial charge is 0.492 e. The number of rotatable bonds is 11. The van der Waals surface area contributed by atoms with Crippen molar-refractivity contribution in [1.82, 2.24) is 10.3 Å². The van der Waals surface area contributed by atoms with E-state index in [1.165, 1.54) is 0 Å². The van der Waals surface area contributed by atoms with Crippen molar-refractivity contribution >= 4 is 27.5 Å². The van der Waals surface area contributed by atoms with Crippen molar-refractivity contribution in [3.05, 3.63) is 23.5 Å². The molecule has 6 nitrogen and oxygen atoms in total. The first-order valence-corrected chi connectivity index (χ1v) is 10.3. The van der Waals surface area contributed by atoms with Crippen LogP contribution in [0.3, 0.4) is 0 Å². The third-order valence-electron chi connectivity index (χ3n) is 3.18. The number of aromatic nitrogens is 1. The number of ether oxygens (including phenoxy) is 1. The lowest BCUT2D eigenvalue weighted by molar-refractivity contribution is -0.121. The van der Waals surface area contributed by atoms with Crippen LogP contribution in [0.25, 0.3) is 0 Å². The SMILES string of the molecule is CSSC(C)(C)CCC(=O)NCCOc1cc(CO)nc(CO)c1. The van der Waals surface area contributed by atoms with Crippen LogP contribution in [0.1, 0.15) is 38.1 Å². The number of nitrogens with zero attached hydrogens (tertiary/aromatic N) is 1. The second-order valence-corrected chi connectivity index (χ2v) is 8.92. The van der Waals surface area contributed by atoms with Gasteiger partial charge < -0.3 is 20.3 Å². The van der Waals surface area contributed by atoms with E-state index in [0.29, 0.717) is 36.7 Å². The fraction of sp³-hybridized carbons (Fsp3) is 0.625. The monoisotopic (exact) mass is 374 g/mol. The van der Waals surface area contributed by atoms with E-state index in [1.54, 1.807) is 33.7 Å². The van der Waals surface area contributed by atoms with E-state index in [-0.39, 0.29) is 23.9 Å². The number of nitrogens with one attached hydrogen (secondary N) is 1. The van der Waals surface area contributed by atoms with Crippen LogP contribution in [0.4, 0.5) is 0 Å². The summed E-state index contributed by atoms with van der Waals surface area (Å²) in [5.41, 5.74) is 0.878. The standard InChI is InChI=1S/C16H26N2O4S2/c1-16(2,24-23-3)5-4-15(21)17-6-7-22-14-8-12(10-19)18-13(9-14)11-20/h8-9,19-20H,4-7,10-11H2,1-3H3,(H,17,21). The highest BCUT2D eigenvalue weighted by molar-refractivity contribution is 8.76. The Labute approximate surface area is 151 Å². The molecule has 0 unspecified atom stereocenters. The molecule has 0 saturated carbocycles. The van der Waals surface area contributed by atoms with Gasteiger partial charge in [0, 0.05) is 23.3 Å². The third kappa shape index (κ3) is 8.23. The van der Waals surface area contributed by atoms with Crippen LogP contribution in [0, 0.1) is 0 Å².